The van der Waals surface area contributed by atoms with E-state index >= 15 is 0 Å². The quantitative estimate of drug-likeness (QED) is 0.271. The summed E-state index contributed by atoms with van der Waals surface area (Å²) in [4.78, 5) is 0. The van der Waals surface area contributed by atoms with Crippen LogP contribution in [0.2, 0.25) is 5.02 Å². The van der Waals surface area contributed by atoms with E-state index in [1.807, 2.05) is 25.9 Å². The standard InChI is InChI=1S/C27H24ClF3N2O3/c1-26(2,3)17-6-10-19(11-7-17)36-24-23(32-33-25(24)27(29,30)31)21-13-12-20(14-22(21)34)35-15-16-4-8-18(28)9-5-16/h4-14,34H,15H2,1-3H3,(H,32,33). The van der Waals surface area contributed by atoms with Crippen molar-refractivity contribution >= 4 is 11.6 Å². The molecule has 0 amide bonds. The van der Waals surface area contributed by atoms with Crippen molar-refractivity contribution < 1.29 is 27.8 Å². The third kappa shape index (κ3) is 5.76. The summed E-state index contributed by atoms with van der Waals surface area (Å²) in [6.45, 7) is 6.31. The van der Waals surface area contributed by atoms with Gasteiger partial charge in [-0.1, -0.05) is 56.6 Å². The number of benzene rings is 3. The lowest BCUT2D eigenvalue weighted by molar-refractivity contribution is -0.142. The normalized spacial score (nSPS) is 12.0. The Labute approximate surface area is 211 Å². The first kappa shape index (κ1) is 25.4. The van der Waals surface area contributed by atoms with Gasteiger partial charge in [0.25, 0.3) is 0 Å². The zero-order chi connectivity index (χ0) is 26.1. The molecule has 1 heterocycles. The highest BCUT2D eigenvalue weighted by atomic mass is 35.5. The van der Waals surface area contributed by atoms with Crippen LogP contribution in [0.5, 0.6) is 23.0 Å². The zero-order valence-corrected chi connectivity index (χ0v) is 20.5. The molecule has 0 radical (unpaired) electrons. The monoisotopic (exact) mass is 516 g/mol. The number of nitrogens with one attached hydrogen (secondary N) is 1. The highest BCUT2D eigenvalue weighted by molar-refractivity contribution is 6.30. The summed E-state index contributed by atoms with van der Waals surface area (Å²) in [6, 6.07) is 18.1. The number of alkyl halides is 3. The summed E-state index contributed by atoms with van der Waals surface area (Å²) in [5, 5.41) is 17.0. The smallest absolute Gasteiger partial charge is 0.436 e. The third-order valence-corrected chi connectivity index (χ3v) is 5.74. The molecule has 0 aliphatic rings. The zero-order valence-electron chi connectivity index (χ0n) is 19.8. The molecule has 188 valence electrons. The van der Waals surface area contributed by atoms with Gasteiger partial charge in [0.2, 0.25) is 0 Å². The molecule has 0 bridgehead atoms. The molecule has 0 unspecified atom stereocenters. The van der Waals surface area contributed by atoms with E-state index in [2.05, 4.69) is 5.10 Å². The first-order valence-electron chi connectivity index (χ1n) is 11.1. The van der Waals surface area contributed by atoms with Crippen molar-refractivity contribution in [3.8, 4) is 34.3 Å². The van der Waals surface area contributed by atoms with Crippen LogP contribution >= 0.6 is 11.6 Å². The molecular formula is C27H24ClF3N2O3. The van der Waals surface area contributed by atoms with E-state index in [9.17, 15) is 18.3 Å². The molecule has 0 aliphatic heterocycles. The highest BCUT2D eigenvalue weighted by Gasteiger charge is 2.39. The SMILES string of the molecule is CC(C)(C)c1ccc(Oc2c(-c3ccc(OCc4ccc(Cl)cc4)cc3O)n[nH]c2C(F)(F)F)cc1. The van der Waals surface area contributed by atoms with Crippen molar-refractivity contribution in [1.82, 2.24) is 10.2 Å². The minimum absolute atomic E-state index is 0.0573. The Balaban J connectivity index is 1.62. The van der Waals surface area contributed by atoms with Gasteiger partial charge in [-0.15, -0.1) is 0 Å². The number of hydrogen-bond donors (Lipinski definition) is 2. The summed E-state index contributed by atoms with van der Waals surface area (Å²) in [5.74, 6) is -0.301. The van der Waals surface area contributed by atoms with Crippen molar-refractivity contribution in [2.24, 2.45) is 0 Å². The predicted octanol–water partition coefficient (Wildman–Crippen LogP) is 8.12. The van der Waals surface area contributed by atoms with Crippen LogP contribution in [0.1, 0.15) is 37.6 Å². The molecule has 0 saturated carbocycles. The molecule has 1 aromatic heterocycles. The molecule has 0 saturated heterocycles. The Bertz CT molecular complexity index is 1340. The van der Waals surface area contributed by atoms with E-state index in [1.54, 1.807) is 48.5 Å². The highest BCUT2D eigenvalue weighted by Crippen LogP contribution is 2.45. The van der Waals surface area contributed by atoms with Crippen LogP contribution in [0, 0.1) is 0 Å². The molecule has 3 aromatic carbocycles. The number of ether oxygens (including phenoxy) is 2. The Morgan fingerprint density at radius 2 is 1.56 bits per heavy atom. The second kappa shape index (κ2) is 9.78. The topological polar surface area (TPSA) is 67.4 Å². The van der Waals surface area contributed by atoms with Crippen molar-refractivity contribution in [3.63, 3.8) is 0 Å². The van der Waals surface area contributed by atoms with Gasteiger partial charge in [0, 0.05) is 16.7 Å². The summed E-state index contributed by atoms with van der Waals surface area (Å²) in [5.41, 5.74) is 0.466. The number of hydrogen-bond acceptors (Lipinski definition) is 4. The van der Waals surface area contributed by atoms with Crippen LogP contribution in [-0.4, -0.2) is 15.3 Å². The van der Waals surface area contributed by atoms with Crippen LogP contribution in [0.25, 0.3) is 11.3 Å². The maximum atomic E-state index is 13.7. The number of H-pyrrole nitrogens is 1. The van der Waals surface area contributed by atoms with Gasteiger partial charge < -0.3 is 14.6 Å². The lowest BCUT2D eigenvalue weighted by Crippen LogP contribution is -2.10. The van der Waals surface area contributed by atoms with Crippen LogP contribution in [-0.2, 0) is 18.2 Å². The molecular weight excluding hydrogens is 493 g/mol. The molecule has 9 heteroatoms. The number of rotatable bonds is 6. The number of phenolic OH excluding ortho intramolecular Hbond substituents is 1. The van der Waals surface area contributed by atoms with E-state index in [1.165, 1.54) is 18.2 Å². The fourth-order valence-corrected chi connectivity index (χ4v) is 3.62. The summed E-state index contributed by atoms with van der Waals surface area (Å²) >= 11 is 5.88. The molecule has 4 aromatic rings. The summed E-state index contributed by atoms with van der Waals surface area (Å²) < 4.78 is 52.5. The lowest BCUT2D eigenvalue weighted by Gasteiger charge is -2.19. The number of nitrogens with zero attached hydrogens (tertiary/aromatic N) is 1. The number of aromatic nitrogens is 2. The van der Waals surface area contributed by atoms with Gasteiger partial charge in [0.05, 0.1) is 0 Å². The number of phenols is 1. The minimum Gasteiger partial charge on any atom is -0.507 e. The molecule has 36 heavy (non-hydrogen) atoms. The van der Waals surface area contributed by atoms with Crippen molar-refractivity contribution in [2.75, 3.05) is 0 Å². The maximum Gasteiger partial charge on any atom is 0.436 e. The van der Waals surface area contributed by atoms with Gasteiger partial charge in [-0.05, 0) is 52.9 Å². The van der Waals surface area contributed by atoms with Gasteiger partial charge in [0.1, 0.15) is 29.5 Å². The average Bonchev–Trinajstić information content (AvgIpc) is 3.22. The van der Waals surface area contributed by atoms with Crippen LogP contribution in [0.3, 0.4) is 0 Å². The predicted molar refractivity (Wildman–Crippen MR) is 132 cm³/mol. The van der Waals surface area contributed by atoms with E-state index in [4.69, 9.17) is 21.1 Å². The first-order chi connectivity index (χ1) is 16.9. The molecule has 0 spiro atoms. The van der Waals surface area contributed by atoms with Gasteiger partial charge in [-0.2, -0.15) is 18.3 Å². The number of aromatic hydroxyl groups is 1. The maximum absolute atomic E-state index is 13.7. The van der Waals surface area contributed by atoms with Gasteiger partial charge >= 0.3 is 6.18 Å². The summed E-state index contributed by atoms with van der Waals surface area (Å²) in [6.07, 6.45) is -4.75. The van der Waals surface area contributed by atoms with Crippen LogP contribution < -0.4 is 9.47 Å². The number of aromatic amines is 1. The molecule has 4 rings (SSSR count). The van der Waals surface area contributed by atoms with E-state index in [0.717, 1.165) is 11.1 Å². The van der Waals surface area contributed by atoms with Crippen LogP contribution in [0.4, 0.5) is 13.2 Å². The lowest BCUT2D eigenvalue weighted by atomic mass is 9.87. The van der Waals surface area contributed by atoms with E-state index in [0.29, 0.717) is 10.8 Å². The second-order valence-electron chi connectivity index (χ2n) is 9.24. The molecule has 2 N–H and O–H groups in total. The Hall–Kier alpha value is -3.65. The molecule has 0 aliphatic carbocycles. The Morgan fingerprint density at radius 1 is 0.917 bits per heavy atom. The van der Waals surface area contributed by atoms with Gasteiger partial charge in [-0.3, -0.25) is 5.10 Å². The Kier molecular flexibility index (Phi) is 6.91. The summed E-state index contributed by atoms with van der Waals surface area (Å²) in [7, 11) is 0. The number of halogens is 4. The third-order valence-electron chi connectivity index (χ3n) is 5.49. The fourth-order valence-electron chi connectivity index (χ4n) is 3.50. The van der Waals surface area contributed by atoms with Gasteiger partial charge in [0.15, 0.2) is 11.4 Å². The molecule has 0 atom stereocenters. The van der Waals surface area contributed by atoms with Crippen molar-refractivity contribution in [2.45, 2.75) is 39.0 Å². The largest absolute Gasteiger partial charge is 0.507 e. The minimum atomic E-state index is -4.75. The van der Waals surface area contributed by atoms with Crippen molar-refractivity contribution in [3.05, 3.63) is 88.6 Å². The average molecular weight is 517 g/mol. The molecule has 0 fully saturated rings. The Morgan fingerprint density at radius 3 is 2.14 bits per heavy atom. The van der Waals surface area contributed by atoms with Gasteiger partial charge in [-0.25, -0.2) is 0 Å². The van der Waals surface area contributed by atoms with E-state index < -0.39 is 17.6 Å². The molecule has 5 nitrogen and oxygen atoms in total. The second-order valence-corrected chi connectivity index (χ2v) is 9.68. The van der Waals surface area contributed by atoms with Crippen molar-refractivity contribution in [1.29, 1.82) is 0 Å². The fraction of sp³-hybridized carbons (Fsp3) is 0.222. The van der Waals surface area contributed by atoms with Crippen LogP contribution in [0.15, 0.2) is 66.7 Å². The van der Waals surface area contributed by atoms with E-state index in [-0.39, 0.29) is 34.8 Å². The first-order valence-corrected chi connectivity index (χ1v) is 11.4.